The van der Waals surface area contributed by atoms with Crippen LogP contribution in [0.3, 0.4) is 0 Å². The third kappa shape index (κ3) is 2.60. The summed E-state index contributed by atoms with van der Waals surface area (Å²) < 4.78 is 0. The predicted octanol–water partition coefficient (Wildman–Crippen LogP) is 3.29. The van der Waals surface area contributed by atoms with Crippen LogP contribution in [0.25, 0.3) is 0 Å². The van der Waals surface area contributed by atoms with Gasteiger partial charge in [0.15, 0.2) is 0 Å². The Morgan fingerprint density at radius 2 is 1.47 bits per heavy atom. The van der Waals surface area contributed by atoms with Gasteiger partial charge < -0.3 is 5.73 Å². The molecule has 1 heteroatoms. The molecule has 0 amide bonds. The Hall–Kier alpha value is -0.820. The van der Waals surface area contributed by atoms with E-state index in [0.29, 0.717) is 6.04 Å². The Balaban J connectivity index is 2.15. The lowest BCUT2D eigenvalue weighted by molar-refractivity contribution is 0.395. The third-order valence-electron chi connectivity index (χ3n) is 3.49. The smallest absolute Gasteiger partial charge is 0.00392 e. The number of hydrogen-bond donors (Lipinski definition) is 1. The van der Waals surface area contributed by atoms with Crippen molar-refractivity contribution in [2.45, 2.75) is 51.5 Å². The molecule has 0 aromatic heterocycles. The summed E-state index contributed by atoms with van der Waals surface area (Å²) in [6.45, 7) is 4.37. The molecule has 2 rings (SSSR count). The summed E-state index contributed by atoms with van der Waals surface area (Å²) in [6.07, 6.45) is 4.92. The molecule has 0 bridgehead atoms. The van der Waals surface area contributed by atoms with Gasteiger partial charge in [-0.1, -0.05) is 29.3 Å². The van der Waals surface area contributed by atoms with Crippen molar-refractivity contribution in [2.24, 2.45) is 5.73 Å². The molecule has 1 aromatic carbocycles. The zero-order chi connectivity index (χ0) is 10.8. The van der Waals surface area contributed by atoms with E-state index >= 15 is 0 Å². The fourth-order valence-electron chi connectivity index (χ4n) is 2.70. The summed E-state index contributed by atoms with van der Waals surface area (Å²) in [6, 6.07) is 7.38. The molecule has 0 saturated heterocycles. The molecule has 0 spiro atoms. The summed E-state index contributed by atoms with van der Waals surface area (Å²) >= 11 is 0. The van der Waals surface area contributed by atoms with Gasteiger partial charge in [0, 0.05) is 6.04 Å². The highest BCUT2D eigenvalue weighted by Crippen LogP contribution is 2.32. The quantitative estimate of drug-likeness (QED) is 0.744. The molecule has 1 aromatic rings. The number of nitrogens with two attached hydrogens (primary N) is 1. The van der Waals surface area contributed by atoms with Crippen LogP contribution < -0.4 is 5.73 Å². The molecule has 0 radical (unpaired) electrons. The first-order valence-corrected chi connectivity index (χ1v) is 5.99. The Labute approximate surface area is 92.7 Å². The lowest BCUT2D eigenvalue weighted by atomic mass is 9.81. The van der Waals surface area contributed by atoms with Gasteiger partial charge in [-0.3, -0.25) is 0 Å². The van der Waals surface area contributed by atoms with Gasteiger partial charge in [0.25, 0.3) is 0 Å². The molecular weight excluding hydrogens is 182 g/mol. The molecule has 0 unspecified atom stereocenters. The number of benzene rings is 1. The fraction of sp³-hybridized carbons (Fsp3) is 0.571. The Morgan fingerprint density at radius 1 is 0.933 bits per heavy atom. The lowest BCUT2D eigenvalue weighted by Crippen LogP contribution is -2.25. The molecule has 0 atom stereocenters. The van der Waals surface area contributed by atoms with E-state index in [4.69, 9.17) is 5.73 Å². The van der Waals surface area contributed by atoms with Crippen LogP contribution in [0.5, 0.6) is 0 Å². The van der Waals surface area contributed by atoms with E-state index in [-0.39, 0.29) is 0 Å². The van der Waals surface area contributed by atoms with Crippen molar-refractivity contribution >= 4 is 0 Å². The Bertz CT molecular complexity index is 315. The van der Waals surface area contributed by atoms with Gasteiger partial charge in [-0.15, -0.1) is 0 Å². The first kappa shape index (κ1) is 10.7. The maximum atomic E-state index is 5.93. The van der Waals surface area contributed by atoms with Crippen molar-refractivity contribution in [1.29, 1.82) is 0 Å². The molecule has 2 N–H and O–H groups in total. The maximum Gasteiger partial charge on any atom is 0.00392 e. The van der Waals surface area contributed by atoms with E-state index in [1.807, 2.05) is 0 Å². The minimum Gasteiger partial charge on any atom is -0.328 e. The van der Waals surface area contributed by atoms with Crippen LogP contribution in [0.4, 0.5) is 0 Å². The van der Waals surface area contributed by atoms with Gasteiger partial charge in [0.1, 0.15) is 0 Å². The molecule has 15 heavy (non-hydrogen) atoms. The highest BCUT2D eigenvalue weighted by molar-refractivity contribution is 5.31. The third-order valence-corrected chi connectivity index (χ3v) is 3.49. The molecule has 1 nitrogen and oxygen atoms in total. The van der Waals surface area contributed by atoms with Gasteiger partial charge in [0.2, 0.25) is 0 Å². The second-order valence-electron chi connectivity index (χ2n) is 5.03. The van der Waals surface area contributed by atoms with Crippen molar-refractivity contribution in [2.75, 3.05) is 0 Å². The molecule has 82 valence electrons. The van der Waals surface area contributed by atoms with E-state index in [2.05, 4.69) is 32.0 Å². The minimum absolute atomic E-state index is 0.451. The van der Waals surface area contributed by atoms with Crippen LogP contribution in [0.15, 0.2) is 18.2 Å². The Morgan fingerprint density at radius 3 is 2.00 bits per heavy atom. The van der Waals surface area contributed by atoms with Gasteiger partial charge >= 0.3 is 0 Å². The van der Waals surface area contributed by atoms with Crippen LogP contribution in [0.1, 0.15) is 48.3 Å². The summed E-state index contributed by atoms with van der Waals surface area (Å²) in [5, 5.41) is 0. The second kappa shape index (κ2) is 4.36. The molecular formula is C14H21N. The first-order valence-electron chi connectivity index (χ1n) is 5.99. The van der Waals surface area contributed by atoms with Crippen LogP contribution in [0.2, 0.25) is 0 Å². The molecule has 0 aliphatic heterocycles. The van der Waals surface area contributed by atoms with Crippen molar-refractivity contribution in [3.05, 3.63) is 34.9 Å². The van der Waals surface area contributed by atoms with Crippen molar-refractivity contribution < 1.29 is 0 Å². The summed E-state index contributed by atoms with van der Waals surface area (Å²) in [5.74, 6) is 0.753. The summed E-state index contributed by atoms with van der Waals surface area (Å²) in [7, 11) is 0. The lowest BCUT2D eigenvalue weighted by Gasteiger charge is -2.26. The number of aryl methyl sites for hydroxylation is 2. The average molecular weight is 203 g/mol. The van der Waals surface area contributed by atoms with Crippen LogP contribution in [-0.2, 0) is 0 Å². The summed E-state index contributed by atoms with van der Waals surface area (Å²) in [4.78, 5) is 0. The minimum atomic E-state index is 0.451. The van der Waals surface area contributed by atoms with Gasteiger partial charge in [-0.2, -0.15) is 0 Å². The van der Waals surface area contributed by atoms with Gasteiger partial charge in [-0.25, -0.2) is 0 Å². The molecule has 1 aliphatic carbocycles. The normalized spacial score (nSPS) is 26.6. The topological polar surface area (TPSA) is 26.0 Å². The van der Waals surface area contributed by atoms with Crippen molar-refractivity contribution in [3.63, 3.8) is 0 Å². The average Bonchev–Trinajstić information content (AvgIpc) is 2.17. The SMILES string of the molecule is Cc1cc(C)cc(C2CCC(N)CC2)c1. The Kier molecular flexibility index (Phi) is 3.11. The maximum absolute atomic E-state index is 5.93. The van der Waals surface area contributed by atoms with Crippen LogP contribution in [-0.4, -0.2) is 6.04 Å². The zero-order valence-corrected chi connectivity index (χ0v) is 9.79. The van der Waals surface area contributed by atoms with E-state index in [1.54, 1.807) is 0 Å². The zero-order valence-electron chi connectivity index (χ0n) is 9.79. The fourth-order valence-corrected chi connectivity index (χ4v) is 2.70. The molecule has 0 heterocycles. The molecule has 1 aliphatic rings. The van der Waals surface area contributed by atoms with E-state index in [1.165, 1.54) is 42.4 Å². The first-order chi connectivity index (χ1) is 7.15. The highest BCUT2D eigenvalue weighted by Gasteiger charge is 2.19. The number of rotatable bonds is 1. The van der Waals surface area contributed by atoms with Gasteiger partial charge in [-0.05, 0) is 51.0 Å². The number of hydrogen-bond acceptors (Lipinski definition) is 1. The van der Waals surface area contributed by atoms with E-state index in [9.17, 15) is 0 Å². The van der Waals surface area contributed by atoms with Crippen LogP contribution >= 0.6 is 0 Å². The predicted molar refractivity (Wildman–Crippen MR) is 65.1 cm³/mol. The monoisotopic (exact) mass is 203 g/mol. The standard InChI is InChI=1S/C14H21N/c1-10-7-11(2)9-13(8-10)12-3-5-14(15)6-4-12/h7-9,12,14H,3-6,15H2,1-2H3. The van der Waals surface area contributed by atoms with E-state index in [0.717, 1.165) is 5.92 Å². The second-order valence-corrected chi connectivity index (χ2v) is 5.03. The van der Waals surface area contributed by atoms with Crippen molar-refractivity contribution in [1.82, 2.24) is 0 Å². The van der Waals surface area contributed by atoms with Crippen LogP contribution in [0, 0.1) is 13.8 Å². The van der Waals surface area contributed by atoms with E-state index < -0.39 is 0 Å². The molecule has 1 saturated carbocycles. The van der Waals surface area contributed by atoms with Crippen molar-refractivity contribution in [3.8, 4) is 0 Å². The highest BCUT2D eigenvalue weighted by atomic mass is 14.6. The van der Waals surface area contributed by atoms with Gasteiger partial charge in [0.05, 0.1) is 0 Å². The largest absolute Gasteiger partial charge is 0.328 e. The molecule has 1 fully saturated rings. The summed E-state index contributed by atoms with van der Waals surface area (Å²) in [5.41, 5.74) is 10.2.